The van der Waals surface area contributed by atoms with Gasteiger partial charge in [-0.05, 0) is 55.3 Å². The standard InChI is InChI=1S/C25H25Cl2N3O2/c1-17-4-3-5-21(14-17)30-18(2)22(15-23(30)19-6-8-20(27)9-7-19)25(32)29-12-10-28(11-13-29)24(31)16-26/h3-9,14-15H,10-13,16H2,1-2H3. The first-order chi connectivity index (χ1) is 15.4. The van der Waals surface area contributed by atoms with E-state index in [-0.39, 0.29) is 17.7 Å². The van der Waals surface area contributed by atoms with Crippen LogP contribution in [0.1, 0.15) is 21.6 Å². The number of benzene rings is 2. The van der Waals surface area contributed by atoms with Crippen LogP contribution in [0.15, 0.2) is 54.6 Å². The molecular formula is C25H25Cl2N3O2. The first kappa shape index (κ1) is 22.4. The van der Waals surface area contributed by atoms with Crippen LogP contribution >= 0.6 is 23.2 Å². The minimum Gasteiger partial charge on any atom is -0.338 e. The summed E-state index contributed by atoms with van der Waals surface area (Å²) in [4.78, 5) is 28.9. The van der Waals surface area contributed by atoms with Crippen molar-refractivity contribution in [2.45, 2.75) is 13.8 Å². The van der Waals surface area contributed by atoms with E-state index in [1.807, 2.05) is 54.3 Å². The molecule has 0 unspecified atom stereocenters. The summed E-state index contributed by atoms with van der Waals surface area (Å²) in [5.74, 6) is -0.149. The highest BCUT2D eigenvalue weighted by Crippen LogP contribution is 2.31. The second-order valence-corrected chi connectivity index (χ2v) is 8.72. The van der Waals surface area contributed by atoms with Crippen molar-refractivity contribution in [1.82, 2.24) is 14.4 Å². The summed E-state index contributed by atoms with van der Waals surface area (Å²) >= 11 is 11.8. The van der Waals surface area contributed by atoms with Gasteiger partial charge in [0.05, 0.1) is 11.3 Å². The fourth-order valence-electron chi connectivity index (χ4n) is 4.17. The van der Waals surface area contributed by atoms with Gasteiger partial charge in [-0.3, -0.25) is 9.59 Å². The van der Waals surface area contributed by atoms with Crippen LogP contribution in [0.25, 0.3) is 16.9 Å². The smallest absolute Gasteiger partial charge is 0.255 e. The van der Waals surface area contributed by atoms with E-state index in [0.29, 0.717) is 36.8 Å². The van der Waals surface area contributed by atoms with E-state index in [1.165, 1.54) is 0 Å². The van der Waals surface area contributed by atoms with Crippen LogP contribution in [-0.2, 0) is 4.79 Å². The minimum absolute atomic E-state index is 0.0258. The number of halogens is 2. The second-order valence-electron chi connectivity index (χ2n) is 8.02. The van der Waals surface area contributed by atoms with Gasteiger partial charge in [-0.2, -0.15) is 0 Å². The summed E-state index contributed by atoms with van der Waals surface area (Å²) in [7, 11) is 0. The molecule has 3 aromatic rings. The van der Waals surface area contributed by atoms with Gasteiger partial charge in [0.15, 0.2) is 0 Å². The number of aryl methyl sites for hydroxylation is 1. The van der Waals surface area contributed by atoms with E-state index >= 15 is 0 Å². The van der Waals surface area contributed by atoms with Crippen LogP contribution < -0.4 is 0 Å². The number of amides is 2. The molecule has 32 heavy (non-hydrogen) atoms. The monoisotopic (exact) mass is 469 g/mol. The lowest BCUT2D eigenvalue weighted by atomic mass is 10.1. The first-order valence-corrected chi connectivity index (χ1v) is 11.5. The number of aromatic nitrogens is 1. The number of rotatable bonds is 4. The third kappa shape index (κ3) is 4.41. The average molecular weight is 470 g/mol. The van der Waals surface area contributed by atoms with Crippen LogP contribution in [0.4, 0.5) is 0 Å². The maximum atomic E-state index is 13.5. The average Bonchev–Trinajstić information content (AvgIpc) is 3.15. The molecule has 0 N–H and O–H groups in total. The predicted molar refractivity (Wildman–Crippen MR) is 129 cm³/mol. The molecule has 2 heterocycles. The van der Waals surface area contributed by atoms with Crippen LogP contribution in [0.5, 0.6) is 0 Å². The van der Waals surface area contributed by atoms with E-state index in [4.69, 9.17) is 23.2 Å². The molecular weight excluding hydrogens is 445 g/mol. The van der Waals surface area contributed by atoms with Gasteiger partial charge in [0.1, 0.15) is 5.88 Å². The maximum Gasteiger partial charge on any atom is 0.255 e. The zero-order valence-electron chi connectivity index (χ0n) is 18.1. The quantitative estimate of drug-likeness (QED) is 0.508. The summed E-state index contributed by atoms with van der Waals surface area (Å²) in [6.45, 7) is 6.01. The van der Waals surface area contributed by atoms with Gasteiger partial charge >= 0.3 is 0 Å². The molecule has 7 heteroatoms. The Bertz CT molecular complexity index is 1150. The van der Waals surface area contributed by atoms with Crippen molar-refractivity contribution in [3.63, 3.8) is 0 Å². The van der Waals surface area contributed by atoms with Crippen LogP contribution in [0.3, 0.4) is 0 Å². The first-order valence-electron chi connectivity index (χ1n) is 10.6. The van der Waals surface area contributed by atoms with Gasteiger partial charge in [0, 0.05) is 42.6 Å². The number of hydrogen-bond acceptors (Lipinski definition) is 2. The SMILES string of the molecule is Cc1cccc(-n2c(-c3ccc(Cl)cc3)cc(C(=O)N3CCN(C(=O)CCl)CC3)c2C)c1. The summed E-state index contributed by atoms with van der Waals surface area (Å²) in [6.07, 6.45) is 0. The number of alkyl halides is 1. The van der Waals surface area contributed by atoms with Crippen molar-refractivity contribution in [1.29, 1.82) is 0 Å². The van der Waals surface area contributed by atoms with Gasteiger partial charge < -0.3 is 14.4 Å². The van der Waals surface area contributed by atoms with Crippen molar-refractivity contribution in [2.24, 2.45) is 0 Å². The van der Waals surface area contributed by atoms with Gasteiger partial charge in [-0.25, -0.2) is 0 Å². The molecule has 1 fully saturated rings. The number of carbonyl (C=O) groups excluding carboxylic acids is 2. The number of hydrogen-bond donors (Lipinski definition) is 0. The molecule has 0 radical (unpaired) electrons. The molecule has 1 aromatic heterocycles. The molecule has 2 aromatic carbocycles. The summed E-state index contributed by atoms with van der Waals surface area (Å²) in [5, 5.41) is 0.666. The highest BCUT2D eigenvalue weighted by atomic mass is 35.5. The van der Waals surface area contributed by atoms with E-state index in [0.717, 1.165) is 28.2 Å². The largest absolute Gasteiger partial charge is 0.338 e. The second kappa shape index (κ2) is 9.39. The molecule has 166 valence electrons. The van der Waals surface area contributed by atoms with Gasteiger partial charge in [-0.15, -0.1) is 11.6 Å². The zero-order valence-corrected chi connectivity index (χ0v) is 19.7. The van der Waals surface area contributed by atoms with E-state index in [9.17, 15) is 9.59 Å². The Hall–Kier alpha value is -2.76. The fraction of sp³-hybridized carbons (Fsp3) is 0.280. The molecule has 5 nitrogen and oxygen atoms in total. The molecule has 4 rings (SSSR count). The third-order valence-electron chi connectivity index (χ3n) is 5.91. The molecule has 0 saturated carbocycles. The number of carbonyl (C=O) groups is 2. The zero-order chi connectivity index (χ0) is 22.8. The van der Waals surface area contributed by atoms with E-state index in [1.54, 1.807) is 4.90 Å². The van der Waals surface area contributed by atoms with Crippen molar-refractivity contribution < 1.29 is 9.59 Å². The van der Waals surface area contributed by atoms with Crippen molar-refractivity contribution >= 4 is 35.0 Å². The molecule has 1 saturated heterocycles. The van der Waals surface area contributed by atoms with Crippen molar-refractivity contribution in [3.8, 4) is 16.9 Å². The van der Waals surface area contributed by atoms with Crippen LogP contribution in [-0.4, -0.2) is 58.2 Å². The molecule has 0 atom stereocenters. The highest BCUT2D eigenvalue weighted by molar-refractivity contribution is 6.30. The molecule has 0 aliphatic carbocycles. The Balaban J connectivity index is 1.72. The lowest BCUT2D eigenvalue weighted by Crippen LogP contribution is -2.51. The van der Waals surface area contributed by atoms with E-state index in [2.05, 4.69) is 23.6 Å². The lowest BCUT2D eigenvalue weighted by Gasteiger charge is -2.34. The minimum atomic E-state index is -0.0921. The summed E-state index contributed by atoms with van der Waals surface area (Å²) in [5.41, 5.74) is 5.60. The Morgan fingerprint density at radius 1 is 0.906 bits per heavy atom. The van der Waals surface area contributed by atoms with Crippen molar-refractivity contribution in [2.75, 3.05) is 32.1 Å². The highest BCUT2D eigenvalue weighted by Gasteiger charge is 2.27. The fourth-order valence-corrected chi connectivity index (χ4v) is 4.47. The van der Waals surface area contributed by atoms with Gasteiger partial charge in [-0.1, -0.05) is 35.9 Å². The van der Waals surface area contributed by atoms with Crippen molar-refractivity contribution in [3.05, 3.63) is 76.4 Å². The number of nitrogens with zero attached hydrogens (tertiary/aromatic N) is 3. The lowest BCUT2D eigenvalue weighted by molar-refractivity contribution is -0.129. The Kier molecular flexibility index (Phi) is 6.58. The Morgan fingerprint density at radius 2 is 1.56 bits per heavy atom. The molecule has 1 aliphatic heterocycles. The topological polar surface area (TPSA) is 45.6 Å². The molecule has 0 spiro atoms. The number of piperazine rings is 1. The molecule has 1 aliphatic rings. The van der Waals surface area contributed by atoms with E-state index < -0.39 is 0 Å². The summed E-state index contributed by atoms with van der Waals surface area (Å²) < 4.78 is 2.12. The Labute approximate surface area is 198 Å². The van der Waals surface area contributed by atoms with Gasteiger partial charge in [0.2, 0.25) is 5.91 Å². The molecule has 2 amide bonds. The Morgan fingerprint density at radius 3 is 2.19 bits per heavy atom. The third-order valence-corrected chi connectivity index (χ3v) is 6.39. The summed E-state index contributed by atoms with van der Waals surface area (Å²) in [6, 6.07) is 17.8. The van der Waals surface area contributed by atoms with Gasteiger partial charge in [0.25, 0.3) is 5.91 Å². The van der Waals surface area contributed by atoms with Crippen LogP contribution in [0, 0.1) is 13.8 Å². The normalized spacial score (nSPS) is 14.0. The van der Waals surface area contributed by atoms with Crippen LogP contribution in [0.2, 0.25) is 5.02 Å². The maximum absolute atomic E-state index is 13.5. The predicted octanol–water partition coefficient (Wildman–Crippen LogP) is 4.94. The molecule has 0 bridgehead atoms.